The number of esters is 1. The van der Waals surface area contributed by atoms with Crippen LogP contribution < -0.4 is 5.32 Å². The summed E-state index contributed by atoms with van der Waals surface area (Å²) in [5, 5.41) is 11.1. The number of thioether (sulfide) groups is 1. The van der Waals surface area contributed by atoms with Gasteiger partial charge in [0, 0.05) is 12.1 Å². The molecule has 0 aromatic heterocycles. The average Bonchev–Trinajstić information content (AvgIpc) is 2.48. The second kappa shape index (κ2) is 9.83. The number of rotatable bonds is 8. The maximum absolute atomic E-state index is 11.7. The molecule has 1 rings (SSSR count). The summed E-state index contributed by atoms with van der Waals surface area (Å²) in [4.78, 5) is 23.1. The first kappa shape index (κ1) is 17.1. The van der Waals surface area contributed by atoms with E-state index >= 15 is 0 Å². The van der Waals surface area contributed by atoms with Gasteiger partial charge in [-0.2, -0.15) is 17.0 Å². The van der Waals surface area contributed by atoms with Crippen molar-refractivity contribution in [3.05, 3.63) is 29.8 Å². The van der Waals surface area contributed by atoms with E-state index < -0.39 is 0 Å². The van der Waals surface area contributed by atoms with E-state index in [9.17, 15) is 9.59 Å². The van der Waals surface area contributed by atoms with Gasteiger partial charge < -0.3 is 10.1 Å². The van der Waals surface area contributed by atoms with Crippen molar-refractivity contribution in [3.63, 3.8) is 0 Å². The normalized spacial score (nSPS) is 9.71. The summed E-state index contributed by atoms with van der Waals surface area (Å²) in [5.74, 6) is 0.678. The number of nitriles is 1. The molecular weight excluding hydrogens is 288 g/mol. The third kappa shape index (κ3) is 6.82. The minimum absolute atomic E-state index is 0.0964. The molecule has 1 aromatic rings. The zero-order valence-electron chi connectivity index (χ0n) is 11.9. The summed E-state index contributed by atoms with van der Waals surface area (Å²) < 4.78 is 4.88. The smallest absolute Gasteiger partial charge is 0.338 e. The Morgan fingerprint density at radius 3 is 2.67 bits per heavy atom. The molecule has 0 fully saturated rings. The van der Waals surface area contributed by atoms with Gasteiger partial charge >= 0.3 is 5.97 Å². The van der Waals surface area contributed by atoms with Crippen molar-refractivity contribution in [2.45, 2.75) is 19.8 Å². The number of nitrogens with zero attached hydrogens (tertiary/aromatic N) is 1. The minimum atomic E-state index is -0.372. The van der Waals surface area contributed by atoms with Crippen molar-refractivity contribution in [1.29, 1.82) is 5.26 Å². The van der Waals surface area contributed by atoms with Crippen LogP contribution in [-0.4, -0.2) is 30.0 Å². The summed E-state index contributed by atoms with van der Waals surface area (Å²) in [6, 6.07) is 8.65. The fourth-order valence-corrected chi connectivity index (χ4v) is 2.27. The standard InChI is InChI=1S/C15H18N2O3S/c1-2-20-15(19)12-5-7-13(8-6-12)17-14(18)11-21-10-4-3-9-16/h5-8H,2-4,10-11H2,1H3,(H,17,18). The predicted molar refractivity (Wildman–Crippen MR) is 83.2 cm³/mol. The molecule has 0 radical (unpaired) electrons. The lowest BCUT2D eigenvalue weighted by Gasteiger charge is -2.06. The van der Waals surface area contributed by atoms with Gasteiger partial charge in [-0.15, -0.1) is 0 Å². The van der Waals surface area contributed by atoms with Crippen molar-refractivity contribution >= 4 is 29.3 Å². The highest BCUT2D eigenvalue weighted by molar-refractivity contribution is 7.99. The van der Waals surface area contributed by atoms with E-state index in [-0.39, 0.29) is 11.9 Å². The van der Waals surface area contributed by atoms with Crippen molar-refractivity contribution < 1.29 is 14.3 Å². The Labute approximate surface area is 128 Å². The van der Waals surface area contributed by atoms with Crippen molar-refractivity contribution in [2.24, 2.45) is 0 Å². The molecule has 5 nitrogen and oxygen atoms in total. The lowest BCUT2D eigenvalue weighted by atomic mass is 10.2. The van der Waals surface area contributed by atoms with Gasteiger partial charge in [-0.3, -0.25) is 4.79 Å². The number of amides is 1. The Morgan fingerprint density at radius 1 is 1.33 bits per heavy atom. The number of benzene rings is 1. The number of nitrogens with one attached hydrogen (secondary N) is 1. The SMILES string of the molecule is CCOC(=O)c1ccc(NC(=O)CSCCCC#N)cc1. The van der Waals surface area contributed by atoms with Gasteiger partial charge in [0.15, 0.2) is 0 Å². The first-order chi connectivity index (χ1) is 10.2. The van der Waals surface area contributed by atoms with E-state index in [0.29, 0.717) is 30.0 Å². The number of hydrogen-bond donors (Lipinski definition) is 1. The largest absolute Gasteiger partial charge is 0.462 e. The van der Waals surface area contributed by atoms with Crippen molar-refractivity contribution in [3.8, 4) is 6.07 Å². The Kier molecular flexibility index (Phi) is 7.99. The van der Waals surface area contributed by atoms with Crippen molar-refractivity contribution in [1.82, 2.24) is 0 Å². The fraction of sp³-hybridized carbons (Fsp3) is 0.400. The fourth-order valence-electron chi connectivity index (χ4n) is 1.52. The molecule has 0 saturated carbocycles. The van der Waals surface area contributed by atoms with E-state index in [4.69, 9.17) is 10.00 Å². The molecule has 1 amide bonds. The molecule has 0 aliphatic rings. The molecule has 0 atom stereocenters. The van der Waals surface area contributed by atoms with Gasteiger partial charge in [0.25, 0.3) is 0 Å². The van der Waals surface area contributed by atoms with Gasteiger partial charge in [-0.25, -0.2) is 4.79 Å². The summed E-state index contributed by atoms with van der Waals surface area (Å²) in [7, 11) is 0. The van der Waals surface area contributed by atoms with Crippen molar-refractivity contribution in [2.75, 3.05) is 23.4 Å². The third-order valence-corrected chi connectivity index (χ3v) is 3.53. The third-order valence-electron chi connectivity index (χ3n) is 2.49. The molecule has 21 heavy (non-hydrogen) atoms. The first-order valence-corrected chi connectivity index (χ1v) is 7.84. The van der Waals surface area contributed by atoms with Gasteiger partial charge in [0.05, 0.1) is 24.0 Å². The van der Waals surface area contributed by atoms with Crippen LogP contribution in [0.1, 0.15) is 30.1 Å². The quantitative estimate of drug-likeness (QED) is 0.590. The van der Waals surface area contributed by atoms with E-state index in [2.05, 4.69) is 11.4 Å². The Hall–Kier alpha value is -2.00. The van der Waals surface area contributed by atoms with Crippen LogP contribution in [0, 0.1) is 11.3 Å². The molecule has 0 spiro atoms. The van der Waals surface area contributed by atoms with Crippen LogP contribution in [-0.2, 0) is 9.53 Å². The number of ether oxygens (including phenoxy) is 1. The highest BCUT2D eigenvalue weighted by Crippen LogP contribution is 2.12. The highest BCUT2D eigenvalue weighted by atomic mass is 32.2. The Morgan fingerprint density at radius 2 is 2.05 bits per heavy atom. The molecule has 0 bridgehead atoms. The van der Waals surface area contributed by atoms with Crippen LogP contribution in [0.2, 0.25) is 0 Å². The van der Waals surface area contributed by atoms with Gasteiger partial charge in [-0.05, 0) is 43.4 Å². The molecule has 1 aromatic carbocycles. The molecule has 0 unspecified atom stereocenters. The number of anilines is 1. The van der Waals surface area contributed by atoms with Crippen LogP contribution in [0.25, 0.3) is 0 Å². The van der Waals surface area contributed by atoms with E-state index in [1.807, 2.05) is 0 Å². The molecule has 0 aliphatic heterocycles. The molecular formula is C15H18N2O3S. The van der Waals surface area contributed by atoms with Gasteiger partial charge in [-0.1, -0.05) is 0 Å². The minimum Gasteiger partial charge on any atom is -0.462 e. The topological polar surface area (TPSA) is 79.2 Å². The predicted octanol–water partition coefficient (Wildman–Crippen LogP) is 2.84. The molecule has 0 aliphatic carbocycles. The summed E-state index contributed by atoms with van der Waals surface area (Å²) >= 11 is 1.50. The zero-order valence-corrected chi connectivity index (χ0v) is 12.7. The van der Waals surface area contributed by atoms with Crippen LogP contribution in [0.3, 0.4) is 0 Å². The summed E-state index contributed by atoms with van der Waals surface area (Å²) in [6.07, 6.45) is 1.31. The lowest BCUT2D eigenvalue weighted by molar-refractivity contribution is -0.113. The lowest BCUT2D eigenvalue weighted by Crippen LogP contribution is -2.14. The van der Waals surface area contributed by atoms with E-state index in [1.165, 1.54) is 11.8 Å². The van der Waals surface area contributed by atoms with Crippen LogP contribution in [0.4, 0.5) is 5.69 Å². The van der Waals surface area contributed by atoms with Crippen LogP contribution in [0.5, 0.6) is 0 Å². The molecule has 0 heterocycles. The summed E-state index contributed by atoms with van der Waals surface area (Å²) in [6.45, 7) is 2.08. The zero-order chi connectivity index (χ0) is 15.5. The second-order valence-corrected chi connectivity index (χ2v) is 5.27. The number of carbonyl (C=O) groups excluding carboxylic acids is 2. The second-order valence-electron chi connectivity index (χ2n) is 4.16. The number of unbranched alkanes of at least 4 members (excludes halogenated alkanes) is 1. The maximum atomic E-state index is 11.7. The molecule has 0 saturated heterocycles. The number of hydrogen-bond acceptors (Lipinski definition) is 5. The highest BCUT2D eigenvalue weighted by Gasteiger charge is 2.07. The first-order valence-electron chi connectivity index (χ1n) is 6.69. The van der Waals surface area contributed by atoms with Crippen LogP contribution >= 0.6 is 11.8 Å². The average molecular weight is 306 g/mol. The molecule has 6 heteroatoms. The molecule has 112 valence electrons. The Bertz CT molecular complexity index is 509. The maximum Gasteiger partial charge on any atom is 0.338 e. The Balaban J connectivity index is 2.36. The van der Waals surface area contributed by atoms with Gasteiger partial charge in [0.1, 0.15) is 0 Å². The van der Waals surface area contributed by atoms with E-state index in [0.717, 1.165) is 12.2 Å². The monoisotopic (exact) mass is 306 g/mol. The van der Waals surface area contributed by atoms with Crippen LogP contribution in [0.15, 0.2) is 24.3 Å². The molecule has 1 N–H and O–H groups in total. The van der Waals surface area contributed by atoms with Gasteiger partial charge in [0.2, 0.25) is 5.91 Å². The van der Waals surface area contributed by atoms with E-state index in [1.54, 1.807) is 31.2 Å². The summed E-state index contributed by atoms with van der Waals surface area (Å²) in [5.41, 5.74) is 1.10. The number of carbonyl (C=O) groups is 2.